The molecule has 0 atom stereocenters. The number of halogens is 2. The smallest absolute Gasteiger partial charge is 0.349 e. The molecule has 0 bridgehead atoms. The highest BCUT2D eigenvalue weighted by atomic mass is 35.5. The van der Waals surface area contributed by atoms with Gasteiger partial charge in [-0.2, -0.15) is 4.40 Å². The Bertz CT molecular complexity index is 1260. The molecule has 0 unspecified atom stereocenters. The van der Waals surface area contributed by atoms with Gasteiger partial charge in [0.15, 0.2) is 0 Å². The third kappa shape index (κ3) is 3.90. The minimum Gasteiger partial charge on any atom is -0.842 e. The van der Waals surface area contributed by atoms with E-state index in [2.05, 4.69) is 0 Å². The molecule has 0 aliphatic heterocycles. The van der Waals surface area contributed by atoms with Crippen LogP contribution in [-0.4, -0.2) is 4.40 Å². The molecule has 0 aliphatic carbocycles. The summed E-state index contributed by atoms with van der Waals surface area (Å²) in [7, 11) is 0. The molecular formula is C23H16Cl2N2O2. The largest absolute Gasteiger partial charge is 0.842 e. The van der Waals surface area contributed by atoms with Crippen LogP contribution < -0.4 is 15.2 Å². The fourth-order valence-electron chi connectivity index (χ4n) is 3.26. The highest BCUT2D eigenvalue weighted by Crippen LogP contribution is 2.28. The molecule has 2 aromatic heterocycles. The molecule has 144 valence electrons. The first-order chi connectivity index (χ1) is 14.0. The number of benzene rings is 2. The number of pyridine rings is 1. The highest BCUT2D eigenvalue weighted by molar-refractivity contribution is 6.35. The lowest BCUT2D eigenvalue weighted by molar-refractivity contribution is -0.706. The summed E-state index contributed by atoms with van der Waals surface area (Å²) in [5.74, 6) is -0.391. The van der Waals surface area contributed by atoms with Crippen LogP contribution in [0.5, 0.6) is 5.88 Å². The Morgan fingerprint density at radius 3 is 2.38 bits per heavy atom. The fraction of sp³-hybridized carbons (Fsp3) is 0.0435. The molecule has 2 aromatic carbocycles. The Kier molecular flexibility index (Phi) is 5.38. The van der Waals surface area contributed by atoms with E-state index in [0.29, 0.717) is 27.8 Å². The first-order valence-corrected chi connectivity index (χ1v) is 9.72. The minimum absolute atomic E-state index is 0.0335. The maximum atomic E-state index is 13.3. The van der Waals surface area contributed by atoms with Crippen molar-refractivity contribution in [3.05, 3.63) is 105 Å². The summed E-state index contributed by atoms with van der Waals surface area (Å²) >= 11 is 12.2. The zero-order chi connectivity index (χ0) is 20.4. The van der Waals surface area contributed by atoms with Crippen LogP contribution in [0.2, 0.25) is 10.0 Å². The molecule has 4 nitrogen and oxygen atoms in total. The van der Waals surface area contributed by atoms with Crippen molar-refractivity contribution in [3.63, 3.8) is 0 Å². The zero-order valence-electron chi connectivity index (χ0n) is 15.3. The van der Waals surface area contributed by atoms with Gasteiger partial charge in [0.25, 0.3) is 5.65 Å². The van der Waals surface area contributed by atoms with Gasteiger partial charge in [-0.15, -0.1) is 0 Å². The van der Waals surface area contributed by atoms with E-state index in [9.17, 15) is 9.90 Å². The molecule has 0 N–H and O–H groups in total. The van der Waals surface area contributed by atoms with E-state index < -0.39 is 11.4 Å². The Morgan fingerprint density at radius 1 is 0.966 bits per heavy atom. The minimum atomic E-state index is -0.410. The lowest BCUT2D eigenvalue weighted by atomic mass is 10.1. The number of hydrogen-bond donors (Lipinski definition) is 0. The second-order valence-corrected chi connectivity index (χ2v) is 7.37. The SMILES string of the molecule is O=c1c(-c2cc(Cl)cc(Cl)c2)c([O-])[n+](CC=Cc2ccccc2)c2ccccn12. The van der Waals surface area contributed by atoms with E-state index in [4.69, 9.17) is 23.2 Å². The van der Waals surface area contributed by atoms with Gasteiger partial charge in [0, 0.05) is 16.1 Å². The van der Waals surface area contributed by atoms with E-state index >= 15 is 0 Å². The predicted molar refractivity (Wildman–Crippen MR) is 114 cm³/mol. The fourth-order valence-corrected chi connectivity index (χ4v) is 3.78. The van der Waals surface area contributed by atoms with Crippen molar-refractivity contribution in [2.24, 2.45) is 0 Å². The highest BCUT2D eigenvalue weighted by Gasteiger charge is 2.19. The van der Waals surface area contributed by atoms with Crippen LogP contribution in [0.1, 0.15) is 5.56 Å². The average Bonchev–Trinajstić information content (AvgIpc) is 2.71. The normalized spacial score (nSPS) is 11.4. The molecular weight excluding hydrogens is 407 g/mol. The van der Waals surface area contributed by atoms with Gasteiger partial charge in [-0.1, -0.05) is 65.7 Å². The maximum Gasteiger partial charge on any atom is 0.349 e. The van der Waals surface area contributed by atoms with Gasteiger partial charge in [0.1, 0.15) is 12.1 Å². The van der Waals surface area contributed by atoms with Crippen LogP contribution in [0.4, 0.5) is 0 Å². The van der Waals surface area contributed by atoms with Crippen molar-refractivity contribution in [3.8, 4) is 17.0 Å². The Balaban J connectivity index is 1.89. The zero-order valence-corrected chi connectivity index (χ0v) is 16.8. The Morgan fingerprint density at radius 2 is 1.66 bits per heavy atom. The summed E-state index contributed by atoms with van der Waals surface area (Å²) in [5, 5.41) is 14.0. The van der Waals surface area contributed by atoms with Gasteiger partial charge in [-0.3, -0.25) is 0 Å². The molecule has 2 heterocycles. The van der Waals surface area contributed by atoms with Gasteiger partial charge in [0.2, 0.25) is 0 Å². The van der Waals surface area contributed by atoms with Crippen molar-refractivity contribution in [1.82, 2.24) is 4.40 Å². The molecule has 6 heteroatoms. The van der Waals surface area contributed by atoms with Crippen LogP contribution in [-0.2, 0) is 6.54 Å². The summed E-state index contributed by atoms with van der Waals surface area (Å²) < 4.78 is 3.02. The maximum absolute atomic E-state index is 13.3. The first-order valence-electron chi connectivity index (χ1n) is 8.97. The monoisotopic (exact) mass is 422 g/mol. The van der Waals surface area contributed by atoms with Gasteiger partial charge < -0.3 is 5.11 Å². The molecule has 4 aromatic rings. The topological polar surface area (TPSA) is 48.4 Å². The lowest BCUT2D eigenvalue weighted by Crippen LogP contribution is -2.43. The lowest BCUT2D eigenvalue weighted by Gasteiger charge is -2.16. The number of hydrogen-bond acceptors (Lipinski definition) is 2. The standard InChI is InChI=1S/C23H16Cl2N2O2/c24-18-13-17(14-19(25)15-18)21-22(28)26-11-5-4-10-20(26)27(23(21)29)12-6-9-16-7-2-1-3-8-16/h1-11,13-15H,12H2. The molecule has 0 amide bonds. The first kappa shape index (κ1) is 19.2. The summed E-state index contributed by atoms with van der Waals surface area (Å²) in [6, 6.07) is 19.8. The summed E-state index contributed by atoms with van der Waals surface area (Å²) in [5.41, 5.74) is 1.56. The van der Waals surface area contributed by atoms with E-state index in [0.717, 1.165) is 5.56 Å². The van der Waals surface area contributed by atoms with Crippen LogP contribution in [0, 0.1) is 0 Å². The quantitative estimate of drug-likeness (QED) is 0.459. The molecule has 0 radical (unpaired) electrons. The molecule has 0 spiro atoms. The van der Waals surface area contributed by atoms with Gasteiger partial charge in [-0.25, -0.2) is 9.36 Å². The molecule has 0 saturated carbocycles. The third-order valence-corrected chi connectivity index (χ3v) is 4.99. The van der Waals surface area contributed by atoms with Crippen molar-refractivity contribution >= 4 is 34.9 Å². The van der Waals surface area contributed by atoms with E-state index in [-0.39, 0.29) is 5.56 Å². The summed E-state index contributed by atoms with van der Waals surface area (Å²) in [6.45, 7) is 0.308. The Hall–Kier alpha value is -3.08. The predicted octanol–water partition coefficient (Wildman–Crippen LogP) is 4.35. The number of rotatable bonds is 4. The van der Waals surface area contributed by atoms with Crippen LogP contribution in [0.3, 0.4) is 0 Å². The van der Waals surface area contributed by atoms with Crippen molar-refractivity contribution < 1.29 is 9.67 Å². The average molecular weight is 423 g/mol. The number of aromatic nitrogens is 2. The summed E-state index contributed by atoms with van der Waals surface area (Å²) in [4.78, 5) is 13.1. The second-order valence-electron chi connectivity index (χ2n) is 6.50. The molecule has 0 saturated heterocycles. The van der Waals surface area contributed by atoms with Crippen LogP contribution in [0.25, 0.3) is 22.9 Å². The van der Waals surface area contributed by atoms with E-state index in [1.54, 1.807) is 47.2 Å². The van der Waals surface area contributed by atoms with Gasteiger partial charge in [0.05, 0.1) is 12.1 Å². The van der Waals surface area contributed by atoms with Crippen LogP contribution in [0.15, 0.2) is 83.8 Å². The number of nitrogens with zero attached hydrogens (tertiary/aromatic N) is 2. The second kappa shape index (κ2) is 8.11. The number of allylic oxidation sites excluding steroid dienone is 1. The number of fused-ring (bicyclic) bond motifs is 1. The van der Waals surface area contributed by atoms with Crippen LogP contribution >= 0.6 is 23.2 Å². The van der Waals surface area contributed by atoms with E-state index in [1.165, 1.54) is 4.40 Å². The third-order valence-electron chi connectivity index (χ3n) is 4.56. The molecule has 0 fully saturated rings. The van der Waals surface area contributed by atoms with Crippen molar-refractivity contribution in [2.45, 2.75) is 6.54 Å². The summed E-state index contributed by atoms with van der Waals surface area (Å²) in [6.07, 6.45) is 5.47. The molecule has 29 heavy (non-hydrogen) atoms. The molecule has 0 aliphatic rings. The van der Waals surface area contributed by atoms with Crippen molar-refractivity contribution in [2.75, 3.05) is 0 Å². The van der Waals surface area contributed by atoms with Gasteiger partial charge in [-0.05, 0) is 41.5 Å². The molecule has 4 rings (SSSR count). The van der Waals surface area contributed by atoms with E-state index in [1.807, 2.05) is 42.5 Å². The van der Waals surface area contributed by atoms with Crippen molar-refractivity contribution in [1.29, 1.82) is 0 Å². The van der Waals surface area contributed by atoms with Gasteiger partial charge >= 0.3 is 5.56 Å². The Labute approximate surface area is 177 Å².